The molecule has 4 rings (SSSR count). The molecule has 0 aliphatic heterocycles. The van der Waals surface area contributed by atoms with E-state index in [1.807, 2.05) is 24.0 Å². The summed E-state index contributed by atoms with van der Waals surface area (Å²) in [5, 5.41) is 4.22. The van der Waals surface area contributed by atoms with Crippen LogP contribution in [0.3, 0.4) is 0 Å². The molecule has 0 bridgehead atoms. The van der Waals surface area contributed by atoms with Gasteiger partial charge in [0.05, 0.1) is 18.2 Å². The molecule has 3 aromatic heterocycles. The molecule has 0 saturated carbocycles. The van der Waals surface area contributed by atoms with Crippen LogP contribution in [0.5, 0.6) is 11.5 Å². The number of aromatic nitrogens is 4. The molecule has 0 saturated heterocycles. The fraction of sp³-hybridized carbons (Fsp3) is 0.0556. The highest BCUT2D eigenvalue weighted by Crippen LogP contribution is 2.32. The Morgan fingerprint density at radius 1 is 1.19 bits per heavy atom. The number of ether oxygens (including phenoxy) is 1. The lowest BCUT2D eigenvalue weighted by molar-refractivity contribution is 0.1000. The smallest absolute Gasteiger partial charge is 0.248 e. The predicted molar refractivity (Wildman–Crippen MR) is 92.4 cm³/mol. The molecule has 1 amide bonds. The van der Waals surface area contributed by atoms with Gasteiger partial charge in [0.1, 0.15) is 5.52 Å². The number of hydrogen-bond donors (Lipinski definition) is 1. The quantitative estimate of drug-likeness (QED) is 0.612. The van der Waals surface area contributed by atoms with Crippen molar-refractivity contribution in [3.05, 3.63) is 66.6 Å². The predicted octanol–water partition coefficient (Wildman–Crippen LogP) is 2.77. The van der Waals surface area contributed by atoms with Crippen molar-refractivity contribution in [2.75, 3.05) is 0 Å². The van der Waals surface area contributed by atoms with Crippen LogP contribution >= 0.6 is 0 Å². The number of rotatable bonds is 4. The molecule has 0 atom stereocenters. The van der Waals surface area contributed by atoms with Gasteiger partial charge < -0.3 is 15.0 Å². The minimum Gasteiger partial charge on any atom is -0.452 e. The van der Waals surface area contributed by atoms with Gasteiger partial charge in [-0.05, 0) is 30.3 Å². The first-order valence-electron chi connectivity index (χ1n) is 7.74. The first kappa shape index (κ1) is 15.8. The van der Waals surface area contributed by atoms with E-state index >= 15 is 0 Å². The molecular weight excluding hydrogens is 337 g/mol. The number of carbonyl (C=O) groups excluding carboxylic acids is 1. The summed E-state index contributed by atoms with van der Waals surface area (Å²) >= 11 is 0. The van der Waals surface area contributed by atoms with Crippen LogP contribution in [0.4, 0.5) is 4.39 Å². The maximum absolute atomic E-state index is 14.3. The molecule has 0 aliphatic rings. The molecule has 0 fully saturated rings. The van der Waals surface area contributed by atoms with Crippen molar-refractivity contribution in [2.24, 2.45) is 12.8 Å². The van der Waals surface area contributed by atoms with Crippen LogP contribution in [0.25, 0.3) is 16.8 Å². The van der Waals surface area contributed by atoms with E-state index in [9.17, 15) is 9.18 Å². The monoisotopic (exact) mass is 351 g/mol. The van der Waals surface area contributed by atoms with Crippen molar-refractivity contribution in [1.29, 1.82) is 0 Å². The molecular formula is C18H14FN5O2. The highest BCUT2D eigenvalue weighted by Gasteiger charge is 2.14. The number of imidazole rings is 1. The third-order valence-electron chi connectivity index (χ3n) is 3.91. The van der Waals surface area contributed by atoms with Crippen LogP contribution in [0, 0.1) is 5.82 Å². The molecule has 26 heavy (non-hydrogen) atoms. The number of hydrogen-bond acceptors (Lipinski definition) is 4. The second-order valence-corrected chi connectivity index (χ2v) is 5.79. The normalized spacial score (nSPS) is 11.0. The van der Waals surface area contributed by atoms with Crippen LogP contribution in [0.2, 0.25) is 0 Å². The Kier molecular flexibility index (Phi) is 3.65. The van der Waals surface area contributed by atoms with Gasteiger partial charge in [-0.1, -0.05) is 0 Å². The van der Waals surface area contributed by atoms with E-state index in [2.05, 4.69) is 10.1 Å². The second kappa shape index (κ2) is 5.99. The Balaban J connectivity index is 1.78. The number of aryl methyl sites for hydroxylation is 1. The Bertz CT molecular complexity index is 1130. The lowest BCUT2D eigenvalue weighted by atomic mass is 10.2. The topological polar surface area (TPSA) is 87.4 Å². The average molecular weight is 351 g/mol. The molecule has 130 valence electrons. The highest BCUT2D eigenvalue weighted by atomic mass is 19.1. The van der Waals surface area contributed by atoms with Gasteiger partial charge in [0, 0.05) is 30.6 Å². The Morgan fingerprint density at radius 3 is 2.73 bits per heavy atom. The maximum Gasteiger partial charge on any atom is 0.248 e. The highest BCUT2D eigenvalue weighted by molar-refractivity contribution is 5.92. The molecule has 2 N–H and O–H groups in total. The van der Waals surface area contributed by atoms with Gasteiger partial charge in [-0.15, -0.1) is 0 Å². The second-order valence-electron chi connectivity index (χ2n) is 5.79. The van der Waals surface area contributed by atoms with Crippen molar-refractivity contribution >= 4 is 11.4 Å². The zero-order valence-electron chi connectivity index (χ0n) is 13.8. The first-order valence-corrected chi connectivity index (χ1v) is 7.74. The standard InChI is InChI=1S/C18H14FN5O2/c1-23-9-14(21-10-23)12-7-17(15-4-5-22-24(15)8-12)26-16-3-2-11(18(20)25)6-13(16)19/h2-10H,1H3,(H2,20,25). The first-order chi connectivity index (χ1) is 12.5. The van der Waals surface area contributed by atoms with Crippen LogP contribution in [0.1, 0.15) is 10.4 Å². The number of fused-ring (bicyclic) bond motifs is 1. The summed E-state index contributed by atoms with van der Waals surface area (Å²) in [4.78, 5) is 15.5. The van der Waals surface area contributed by atoms with Gasteiger partial charge in [0.25, 0.3) is 0 Å². The van der Waals surface area contributed by atoms with Crippen molar-refractivity contribution < 1.29 is 13.9 Å². The van der Waals surface area contributed by atoms with E-state index in [-0.39, 0.29) is 11.3 Å². The van der Waals surface area contributed by atoms with E-state index in [0.717, 1.165) is 17.3 Å². The largest absolute Gasteiger partial charge is 0.452 e. The zero-order valence-corrected chi connectivity index (χ0v) is 13.8. The SMILES string of the molecule is Cn1cnc(-c2cc(Oc3ccc(C(N)=O)cc3F)c3ccnn3c2)c1. The van der Waals surface area contributed by atoms with E-state index in [4.69, 9.17) is 10.5 Å². The number of primary amides is 1. The summed E-state index contributed by atoms with van der Waals surface area (Å²) < 4.78 is 23.5. The Morgan fingerprint density at radius 2 is 2.04 bits per heavy atom. The van der Waals surface area contributed by atoms with E-state index in [1.165, 1.54) is 12.1 Å². The van der Waals surface area contributed by atoms with Crippen molar-refractivity contribution in [2.45, 2.75) is 0 Å². The van der Waals surface area contributed by atoms with Gasteiger partial charge in [-0.25, -0.2) is 13.9 Å². The van der Waals surface area contributed by atoms with Crippen molar-refractivity contribution in [1.82, 2.24) is 19.2 Å². The summed E-state index contributed by atoms with van der Waals surface area (Å²) in [5.74, 6) is -0.986. The summed E-state index contributed by atoms with van der Waals surface area (Å²) in [6, 6.07) is 7.36. The molecule has 1 aromatic carbocycles. The van der Waals surface area contributed by atoms with Gasteiger partial charge in [0.2, 0.25) is 5.91 Å². The number of benzene rings is 1. The molecule has 4 aromatic rings. The zero-order chi connectivity index (χ0) is 18.3. The summed E-state index contributed by atoms with van der Waals surface area (Å²) in [6.45, 7) is 0. The lowest BCUT2D eigenvalue weighted by Crippen LogP contribution is -2.11. The maximum atomic E-state index is 14.3. The van der Waals surface area contributed by atoms with Gasteiger partial charge in [-0.3, -0.25) is 4.79 Å². The summed E-state index contributed by atoms with van der Waals surface area (Å²) in [7, 11) is 1.87. The molecule has 0 unspecified atom stereocenters. The summed E-state index contributed by atoms with van der Waals surface area (Å²) in [6.07, 6.45) is 6.98. The third kappa shape index (κ3) is 2.77. The van der Waals surface area contributed by atoms with E-state index in [1.54, 1.807) is 29.2 Å². The number of halogens is 1. The van der Waals surface area contributed by atoms with Gasteiger partial charge >= 0.3 is 0 Å². The van der Waals surface area contributed by atoms with Crippen LogP contribution < -0.4 is 10.5 Å². The fourth-order valence-electron chi connectivity index (χ4n) is 2.64. The Hall–Kier alpha value is -3.68. The number of nitrogens with two attached hydrogens (primary N) is 1. The number of pyridine rings is 1. The van der Waals surface area contributed by atoms with Crippen LogP contribution in [-0.4, -0.2) is 25.1 Å². The minimum absolute atomic E-state index is 0.0173. The average Bonchev–Trinajstić information content (AvgIpc) is 3.25. The summed E-state index contributed by atoms with van der Waals surface area (Å²) in [5.41, 5.74) is 7.42. The minimum atomic E-state index is -0.703. The molecule has 0 aliphatic carbocycles. The molecule has 0 radical (unpaired) electrons. The molecule has 7 nitrogen and oxygen atoms in total. The van der Waals surface area contributed by atoms with Gasteiger partial charge in [0.15, 0.2) is 17.3 Å². The van der Waals surface area contributed by atoms with Gasteiger partial charge in [-0.2, -0.15) is 5.10 Å². The molecule has 3 heterocycles. The van der Waals surface area contributed by atoms with E-state index < -0.39 is 11.7 Å². The fourth-order valence-corrected chi connectivity index (χ4v) is 2.64. The number of carbonyl (C=O) groups is 1. The Labute approximate surface area is 147 Å². The molecule has 8 heteroatoms. The van der Waals surface area contributed by atoms with E-state index in [0.29, 0.717) is 11.3 Å². The molecule has 0 spiro atoms. The number of nitrogens with zero attached hydrogens (tertiary/aromatic N) is 4. The van der Waals surface area contributed by atoms with Crippen LogP contribution in [0.15, 0.2) is 55.2 Å². The van der Waals surface area contributed by atoms with Crippen molar-refractivity contribution in [3.63, 3.8) is 0 Å². The van der Waals surface area contributed by atoms with Crippen molar-refractivity contribution in [3.8, 4) is 22.8 Å². The third-order valence-corrected chi connectivity index (χ3v) is 3.91. The van der Waals surface area contributed by atoms with Crippen LogP contribution in [-0.2, 0) is 7.05 Å². The lowest BCUT2D eigenvalue weighted by Gasteiger charge is -2.10. The number of amides is 1.